The lowest BCUT2D eigenvalue weighted by atomic mass is 9.78. The van der Waals surface area contributed by atoms with E-state index in [1.165, 1.54) is 0 Å². The van der Waals surface area contributed by atoms with Crippen LogP contribution in [0.1, 0.15) is 12.8 Å². The summed E-state index contributed by atoms with van der Waals surface area (Å²) in [6, 6.07) is 0. The van der Waals surface area contributed by atoms with Gasteiger partial charge in [-0.05, 0) is 18.4 Å². The van der Waals surface area contributed by atoms with E-state index in [4.69, 9.17) is 0 Å². The van der Waals surface area contributed by atoms with Crippen molar-refractivity contribution in [2.75, 3.05) is 0 Å². The van der Waals surface area contributed by atoms with Gasteiger partial charge >= 0.3 is 17.8 Å². The Morgan fingerprint density at radius 3 is 1.89 bits per heavy atom. The molecule has 2 fully saturated rings. The van der Waals surface area contributed by atoms with E-state index in [0.29, 0.717) is 0 Å². The zero-order chi connectivity index (χ0) is 13.8. The Hall–Kier alpha value is -0.820. The molecule has 18 heavy (non-hydrogen) atoms. The van der Waals surface area contributed by atoms with Crippen LogP contribution >= 0.6 is 0 Å². The van der Waals surface area contributed by atoms with Crippen LogP contribution in [0.4, 0.5) is 35.1 Å². The average Bonchev–Trinajstić information content (AvgIpc) is 2.82. The van der Waals surface area contributed by atoms with Crippen LogP contribution in [0, 0.1) is 5.92 Å². The first kappa shape index (κ1) is 12.2. The number of fused-ring (bicyclic) bond motifs is 5. The molecule has 0 spiro atoms. The molecule has 0 aromatic carbocycles. The molecule has 8 heteroatoms. The molecule has 0 aromatic rings. The molecule has 3 aliphatic carbocycles. The van der Waals surface area contributed by atoms with Crippen molar-refractivity contribution >= 4 is 0 Å². The summed E-state index contributed by atoms with van der Waals surface area (Å²) in [6.07, 6.45) is -0.290. The van der Waals surface area contributed by atoms with Crippen LogP contribution in [-0.2, 0) is 0 Å². The van der Waals surface area contributed by atoms with Crippen molar-refractivity contribution in [1.82, 2.24) is 0 Å². The highest BCUT2D eigenvalue weighted by molar-refractivity contribution is 5.49. The van der Waals surface area contributed by atoms with Gasteiger partial charge in [0, 0.05) is 5.92 Å². The van der Waals surface area contributed by atoms with Gasteiger partial charge in [-0.3, -0.25) is 0 Å². The van der Waals surface area contributed by atoms with E-state index in [2.05, 4.69) is 0 Å². The molecule has 0 aliphatic heterocycles. The second kappa shape index (κ2) is 2.56. The van der Waals surface area contributed by atoms with Gasteiger partial charge in [-0.15, -0.1) is 0 Å². The van der Waals surface area contributed by atoms with E-state index in [0.717, 1.165) is 6.08 Å². The lowest BCUT2D eigenvalue weighted by Crippen LogP contribution is -2.58. The molecular weight excluding hydrogens is 272 g/mol. The topological polar surface area (TPSA) is 0 Å². The number of alkyl halides is 8. The normalized spacial score (nSPS) is 50.2. The summed E-state index contributed by atoms with van der Waals surface area (Å²) in [5.41, 5.74) is -10.1. The standard InChI is InChI=1S/C10H6F8/c11-6-4-1-2-5(3-4)7(6,12)9(15,16)10(17,18)8(6,13)14/h1,5H,2-3H2. The molecule has 2 bridgehead atoms. The van der Waals surface area contributed by atoms with Crippen LogP contribution in [0.25, 0.3) is 0 Å². The molecule has 3 rings (SSSR count). The number of halogens is 8. The first-order chi connectivity index (χ1) is 7.96. The van der Waals surface area contributed by atoms with Crippen molar-refractivity contribution < 1.29 is 35.1 Å². The molecule has 0 nitrogen and oxygen atoms in total. The minimum absolute atomic E-state index is 0.431. The monoisotopic (exact) mass is 278 g/mol. The smallest absolute Gasteiger partial charge is 0.232 e. The van der Waals surface area contributed by atoms with E-state index >= 15 is 0 Å². The SMILES string of the molecule is FC1(F)C(F)(F)C2(F)C3=CCC(C3)C2(F)C1(F)F. The van der Waals surface area contributed by atoms with Gasteiger partial charge in [0.1, 0.15) is 0 Å². The Balaban J connectivity index is 2.37. The summed E-state index contributed by atoms with van der Waals surface area (Å²) in [7, 11) is 0. The summed E-state index contributed by atoms with van der Waals surface area (Å²) in [5.74, 6) is -19.4. The quantitative estimate of drug-likeness (QED) is 0.468. The Kier molecular flexibility index (Phi) is 1.74. The second-order valence-corrected chi connectivity index (χ2v) is 4.96. The largest absolute Gasteiger partial charge is 0.379 e. The number of allylic oxidation sites excluding steroid dienone is 2. The van der Waals surface area contributed by atoms with Gasteiger partial charge in [-0.1, -0.05) is 6.08 Å². The zero-order valence-corrected chi connectivity index (χ0v) is 8.59. The fourth-order valence-electron chi connectivity index (χ4n) is 3.36. The maximum absolute atomic E-state index is 14.2. The highest BCUT2D eigenvalue weighted by Crippen LogP contribution is 2.77. The predicted molar refractivity (Wildman–Crippen MR) is 43.3 cm³/mol. The van der Waals surface area contributed by atoms with Crippen LogP contribution in [0.2, 0.25) is 0 Å². The third-order valence-electron chi connectivity index (χ3n) is 4.30. The van der Waals surface area contributed by atoms with E-state index in [-0.39, 0.29) is 0 Å². The number of hydrogen-bond acceptors (Lipinski definition) is 0. The Morgan fingerprint density at radius 2 is 1.39 bits per heavy atom. The van der Waals surface area contributed by atoms with E-state index in [1.54, 1.807) is 0 Å². The van der Waals surface area contributed by atoms with Crippen molar-refractivity contribution in [2.45, 2.75) is 41.9 Å². The van der Waals surface area contributed by atoms with Crippen molar-refractivity contribution in [3.8, 4) is 0 Å². The van der Waals surface area contributed by atoms with E-state index in [9.17, 15) is 35.1 Å². The fourth-order valence-corrected chi connectivity index (χ4v) is 3.36. The number of hydrogen-bond donors (Lipinski definition) is 0. The van der Waals surface area contributed by atoms with Crippen molar-refractivity contribution in [1.29, 1.82) is 0 Å². The highest BCUT2D eigenvalue weighted by atomic mass is 19.4. The Morgan fingerprint density at radius 1 is 0.833 bits per heavy atom. The molecule has 3 aliphatic rings. The summed E-state index contributed by atoms with van der Waals surface area (Å²) in [6.45, 7) is 0. The summed E-state index contributed by atoms with van der Waals surface area (Å²) >= 11 is 0. The summed E-state index contributed by atoms with van der Waals surface area (Å²) in [4.78, 5) is 0. The molecule has 102 valence electrons. The molecule has 0 N–H and O–H groups in total. The zero-order valence-electron chi connectivity index (χ0n) is 8.59. The van der Waals surface area contributed by atoms with Crippen LogP contribution in [0.3, 0.4) is 0 Å². The van der Waals surface area contributed by atoms with Crippen LogP contribution in [0.15, 0.2) is 11.6 Å². The van der Waals surface area contributed by atoms with Crippen molar-refractivity contribution in [2.24, 2.45) is 5.92 Å². The molecule has 0 radical (unpaired) electrons. The van der Waals surface area contributed by atoms with Crippen LogP contribution in [0.5, 0.6) is 0 Å². The van der Waals surface area contributed by atoms with Gasteiger partial charge in [-0.2, -0.15) is 26.3 Å². The number of rotatable bonds is 0. The first-order valence-corrected chi connectivity index (χ1v) is 5.17. The highest BCUT2D eigenvalue weighted by Gasteiger charge is 3.02. The molecule has 3 unspecified atom stereocenters. The van der Waals surface area contributed by atoms with E-state index < -0.39 is 53.4 Å². The Labute approximate surface area is 95.6 Å². The molecule has 0 saturated heterocycles. The fraction of sp³-hybridized carbons (Fsp3) is 0.800. The predicted octanol–water partition coefficient (Wildman–Crippen LogP) is 3.67. The maximum Gasteiger partial charge on any atom is 0.379 e. The molecule has 0 heterocycles. The van der Waals surface area contributed by atoms with Gasteiger partial charge in [0.05, 0.1) is 0 Å². The van der Waals surface area contributed by atoms with E-state index in [1.807, 2.05) is 0 Å². The Bertz CT molecular complexity index is 466. The van der Waals surface area contributed by atoms with Gasteiger partial charge in [0.15, 0.2) is 0 Å². The van der Waals surface area contributed by atoms with Crippen LogP contribution < -0.4 is 0 Å². The van der Waals surface area contributed by atoms with Crippen LogP contribution in [-0.4, -0.2) is 29.1 Å². The molecule has 0 aromatic heterocycles. The lowest BCUT2D eigenvalue weighted by Gasteiger charge is -2.36. The molecule has 2 saturated carbocycles. The summed E-state index contributed by atoms with van der Waals surface area (Å²) in [5, 5.41) is 0. The third kappa shape index (κ3) is 0.718. The average molecular weight is 278 g/mol. The molecule has 0 amide bonds. The maximum atomic E-state index is 14.2. The molecule has 3 atom stereocenters. The summed E-state index contributed by atoms with van der Waals surface area (Å²) < 4.78 is 108. The molecular formula is C10H6F8. The van der Waals surface area contributed by atoms with Gasteiger partial charge in [0.25, 0.3) is 0 Å². The third-order valence-corrected chi connectivity index (χ3v) is 4.30. The van der Waals surface area contributed by atoms with Crippen molar-refractivity contribution in [3.63, 3.8) is 0 Å². The second-order valence-electron chi connectivity index (χ2n) is 4.96. The minimum atomic E-state index is -6.05. The van der Waals surface area contributed by atoms with Gasteiger partial charge < -0.3 is 0 Å². The lowest BCUT2D eigenvalue weighted by molar-refractivity contribution is -0.294. The van der Waals surface area contributed by atoms with Crippen molar-refractivity contribution in [3.05, 3.63) is 11.6 Å². The van der Waals surface area contributed by atoms with Gasteiger partial charge in [0.2, 0.25) is 11.3 Å². The van der Waals surface area contributed by atoms with Gasteiger partial charge in [-0.25, -0.2) is 8.78 Å². The minimum Gasteiger partial charge on any atom is -0.232 e. The first-order valence-electron chi connectivity index (χ1n) is 5.17.